The number of rotatable bonds is 2. The van der Waals surface area contributed by atoms with Crippen molar-refractivity contribution in [3.8, 4) is 5.75 Å². The van der Waals surface area contributed by atoms with Crippen LogP contribution in [0.2, 0.25) is 0 Å². The Hall–Kier alpha value is -0.500. The van der Waals surface area contributed by atoms with Gasteiger partial charge in [0, 0.05) is 4.47 Å². The van der Waals surface area contributed by atoms with E-state index < -0.39 is 0 Å². The Morgan fingerprint density at radius 1 is 1.27 bits per heavy atom. The van der Waals surface area contributed by atoms with Crippen molar-refractivity contribution in [2.75, 3.05) is 0 Å². The monoisotopic (exact) mass is 266 g/mol. The molecule has 1 aromatic rings. The average molecular weight is 267 g/mol. The van der Waals surface area contributed by atoms with E-state index in [1.165, 1.54) is 41.3 Å². The third-order valence-corrected chi connectivity index (χ3v) is 4.24. The van der Waals surface area contributed by atoms with Crippen molar-refractivity contribution in [2.24, 2.45) is 5.92 Å². The number of benzene rings is 1. The molecule has 0 heterocycles. The standard InChI is InChI=1S/C13H15BrO/c1-8-7-13(8)15-12-6-5-11(14)9-3-2-4-10(9)12/h5-6,8,13H,2-4,7H2,1H3/t8?,13-/m0/s1. The highest BCUT2D eigenvalue weighted by molar-refractivity contribution is 9.10. The van der Waals surface area contributed by atoms with Crippen LogP contribution in [0.15, 0.2) is 16.6 Å². The van der Waals surface area contributed by atoms with Crippen molar-refractivity contribution in [3.05, 3.63) is 27.7 Å². The highest BCUT2D eigenvalue weighted by atomic mass is 79.9. The van der Waals surface area contributed by atoms with Gasteiger partial charge in [-0.15, -0.1) is 0 Å². The van der Waals surface area contributed by atoms with Gasteiger partial charge in [-0.05, 0) is 54.9 Å². The fraction of sp³-hybridized carbons (Fsp3) is 0.538. The lowest BCUT2D eigenvalue weighted by molar-refractivity contribution is 0.285. The molecule has 0 spiro atoms. The van der Waals surface area contributed by atoms with E-state index in [0.29, 0.717) is 6.10 Å². The summed E-state index contributed by atoms with van der Waals surface area (Å²) < 4.78 is 7.27. The van der Waals surface area contributed by atoms with Crippen LogP contribution < -0.4 is 4.74 Å². The molecule has 1 aromatic carbocycles. The molecule has 3 rings (SSSR count). The SMILES string of the molecule is CC1C[C@@H]1Oc1ccc(Br)c2c1CCC2. The van der Waals surface area contributed by atoms with Crippen molar-refractivity contribution >= 4 is 15.9 Å². The first-order valence-electron chi connectivity index (χ1n) is 5.72. The molecule has 0 aliphatic heterocycles. The fourth-order valence-corrected chi connectivity index (χ4v) is 2.92. The van der Waals surface area contributed by atoms with Crippen LogP contribution in [-0.4, -0.2) is 6.10 Å². The van der Waals surface area contributed by atoms with E-state index in [9.17, 15) is 0 Å². The van der Waals surface area contributed by atoms with Gasteiger partial charge in [0.2, 0.25) is 0 Å². The molecule has 0 bridgehead atoms. The van der Waals surface area contributed by atoms with Gasteiger partial charge in [0.25, 0.3) is 0 Å². The molecule has 1 nitrogen and oxygen atoms in total. The van der Waals surface area contributed by atoms with Gasteiger partial charge in [-0.25, -0.2) is 0 Å². The molecular weight excluding hydrogens is 252 g/mol. The quantitative estimate of drug-likeness (QED) is 0.793. The minimum atomic E-state index is 0.482. The van der Waals surface area contributed by atoms with E-state index >= 15 is 0 Å². The molecule has 15 heavy (non-hydrogen) atoms. The number of fused-ring (bicyclic) bond motifs is 1. The first-order chi connectivity index (χ1) is 7.25. The summed E-state index contributed by atoms with van der Waals surface area (Å²) in [5, 5.41) is 0. The van der Waals surface area contributed by atoms with Gasteiger partial charge in [-0.3, -0.25) is 0 Å². The highest BCUT2D eigenvalue weighted by Gasteiger charge is 2.35. The summed E-state index contributed by atoms with van der Waals surface area (Å²) in [6.07, 6.45) is 5.37. The van der Waals surface area contributed by atoms with Crippen LogP contribution in [0.25, 0.3) is 0 Å². The number of ether oxygens (including phenoxy) is 1. The predicted molar refractivity (Wildman–Crippen MR) is 64.4 cm³/mol. The van der Waals surface area contributed by atoms with Gasteiger partial charge >= 0.3 is 0 Å². The second-order valence-corrected chi connectivity index (χ2v) is 5.58. The van der Waals surface area contributed by atoms with Crippen LogP contribution in [-0.2, 0) is 12.8 Å². The molecule has 1 fully saturated rings. The fourth-order valence-electron chi connectivity index (χ4n) is 2.35. The second kappa shape index (κ2) is 3.51. The Balaban J connectivity index is 1.91. The highest BCUT2D eigenvalue weighted by Crippen LogP contribution is 2.40. The summed E-state index contributed by atoms with van der Waals surface area (Å²) in [5.41, 5.74) is 2.92. The second-order valence-electron chi connectivity index (χ2n) is 4.73. The van der Waals surface area contributed by atoms with Crippen molar-refractivity contribution in [3.63, 3.8) is 0 Å². The zero-order valence-electron chi connectivity index (χ0n) is 8.92. The van der Waals surface area contributed by atoms with E-state index in [1.54, 1.807) is 0 Å². The van der Waals surface area contributed by atoms with E-state index in [-0.39, 0.29) is 0 Å². The van der Waals surface area contributed by atoms with Gasteiger partial charge in [0.05, 0.1) is 0 Å². The maximum absolute atomic E-state index is 6.01. The lowest BCUT2D eigenvalue weighted by Crippen LogP contribution is -2.01. The first kappa shape index (κ1) is 9.71. The summed E-state index contributed by atoms with van der Waals surface area (Å²) in [6, 6.07) is 4.26. The van der Waals surface area contributed by atoms with E-state index in [0.717, 1.165) is 11.7 Å². The lowest BCUT2D eigenvalue weighted by atomic mass is 10.1. The third kappa shape index (κ3) is 1.69. The van der Waals surface area contributed by atoms with Crippen LogP contribution >= 0.6 is 15.9 Å². The lowest BCUT2D eigenvalue weighted by Gasteiger charge is -2.11. The molecule has 1 saturated carbocycles. The Morgan fingerprint density at radius 2 is 2.00 bits per heavy atom. The maximum atomic E-state index is 6.01. The molecule has 2 atom stereocenters. The summed E-state index contributed by atoms with van der Waals surface area (Å²) >= 11 is 3.62. The molecule has 0 amide bonds. The molecule has 2 aliphatic carbocycles. The summed E-state index contributed by atoms with van der Waals surface area (Å²) in [5.74, 6) is 1.89. The summed E-state index contributed by atoms with van der Waals surface area (Å²) in [6.45, 7) is 2.25. The minimum Gasteiger partial charge on any atom is -0.490 e. The molecular formula is C13H15BrO. The van der Waals surface area contributed by atoms with Crippen LogP contribution in [0, 0.1) is 5.92 Å². The maximum Gasteiger partial charge on any atom is 0.123 e. The van der Waals surface area contributed by atoms with Crippen LogP contribution in [0.4, 0.5) is 0 Å². The van der Waals surface area contributed by atoms with Gasteiger partial charge in [-0.1, -0.05) is 22.9 Å². The van der Waals surface area contributed by atoms with Gasteiger partial charge < -0.3 is 4.74 Å². The minimum absolute atomic E-state index is 0.482. The summed E-state index contributed by atoms with van der Waals surface area (Å²) in [4.78, 5) is 0. The smallest absolute Gasteiger partial charge is 0.123 e. The number of hydrogen-bond donors (Lipinski definition) is 0. The third-order valence-electron chi connectivity index (χ3n) is 3.50. The number of halogens is 1. The molecule has 2 heteroatoms. The van der Waals surface area contributed by atoms with Gasteiger partial charge in [0.1, 0.15) is 11.9 Å². The molecule has 0 saturated heterocycles. The van der Waals surface area contributed by atoms with Gasteiger partial charge in [0.15, 0.2) is 0 Å². The molecule has 2 aliphatic rings. The van der Waals surface area contributed by atoms with E-state index in [4.69, 9.17) is 4.74 Å². The average Bonchev–Trinajstić information content (AvgIpc) is 2.74. The largest absolute Gasteiger partial charge is 0.490 e. The van der Waals surface area contributed by atoms with Crippen molar-refractivity contribution in [2.45, 2.75) is 38.7 Å². The molecule has 1 unspecified atom stereocenters. The normalized spacial score (nSPS) is 27.6. The zero-order valence-corrected chi connectivity index (χ0v) is 10.5. The number of hydrogen-bond acceptors (Lipinski definition) is 1. The molecule has 0 N–H and O–H groups in total. The van der Waals surface area contributed by atoms with Gasteiger partial charge in [-0.2, -0.15) is 0 Å². The van der Waals surface area contributed by atoms with Crippen molar-refractivity contribution < 1.29 is 4.74 Å². The Bertz CT molecular complexity index is 400. The topological polar surface area (TPSA) is 9.23 Å². The Labute approximate surface area is 99.0 Å². The van der Waals surface area contributed by atoms with Crippen LogP contribution in [0.5, 0.6) is 5.75 Å². The Kier molecular flexibility index (Phi) is 2.27. The first-order valence-corrected chi connectivity index (χ1v) is 6.52. The Morgan fingerprint density at radius 3 is 2.73 bits per heavy atom. The van der Waals surface area contributed by atoms with E-state index in [2.05, 4.69) is 35.0 Å². The van der Waals surface area contributed by atoms with Crippen molar-refractivity contribution in [1.29, 1.82) is 0 Å². The summed E-state index contributed by atoms with van der Waals surface area (Å²) in [7, 11) is 0. The molecule has 80 valence electrons. The van der Waals surface area contributed by atoms with Crippen LogP contribution in [0.1, 0.15) is 30.9 Å². The van der Waals surface area contributed by atoms with Crippen molar-refractivity contribution in [1.82, 2.24) is 0 Å². The molecule has 0 aromatic heterocycles. The predicted octanol–water partition coefficient (Wildman–Crippen LogP) is 3.73. The molecule has 0 radical (unpaired) electrons. The van der Waals surface area contributed by atoms with E-state index in [1.807, 2.05) is 0 Å². The van der Waals surface area contributed by atoms with Crippen LogP contribution in [0.3, 0.4) is 0 Å². The zero-order chi connectivity index (χ0) is 10.4.